The monoisotopic (exact) mass is 409 g/mol. The number of ether oxygens (including phenoxy) is 1. The van der Waals surface area contributed by atoms with E-state index in [2.05, 4.69) is 15.2 Å². The van der Waals surface area contributed by atoms with Crippen LogP contribution in [0.5, 0.6) is 5.75 Å². The molecule has 0 spiro atoms. The van der Waals surface area contributed by atoms with Gasteiger partial charge in [0.1, 0.15) is 5.75 Å². The number of anilines is 1. The molecule has 7 nitrogen and oxygen atoms in total. The summed E-state index contributed by atoms with van der Waals surface area (Å²) in [5.41, 5.74) is -0.576. The van der Waals surface area contributed by atoms with Crippen molar-refractivity contribution >= 4 is 34.0 Å². The van der Waals surface area contributed by atoms with Crippen molar-refractivity contribution in [3.05, 3.63) is 68.2 Å². The van der Waals surface area contributed by atoms with E-state index in [1.54, 1.807) is 12.1 Å². The third-order valence-corrected chi connectivity index (χ3v) is 4.17. The van der Waals surface area contributed by atoms with Crippen molar-refractivity contribution in [2.24, 2.45) is 0 Å². The summed E-state index contributed by atoms with van der Waals surface area (Å²) < 4.78 is 29.7. The number of aromatic nitrogens is 2. The van der Waals surface area contributed by atoms with Crippen LogP contribution in [0.15, 0.2) is 52.1 Å². The highest BCUT2D eigenvalue weighted by molar-refractivity contribution is 6.32. The van der Waals surface area contributed by atoms with E-state index in [9.17, 15) is 23.2 Å². The van der Waals surface area contributed by atoms with Crippen molar-refractivity contribution in [2.75, 3.05) is 5.32 Å². The van der Waals surface area contributed by atoms with Gasteiger partial charge in [-0.25, -0.2) is 4.68 Å². The normalized spacial score (nSPS) is 11.0. The second-order valence-electron chi connectivity index (χ2n) is 5.77. The van der Waals surface area contributed by atoms with Crippen molar-refractivity contribution in [3.63, 3.8) is 0 Å². The average molecular weight is 410 g/mol. The molecule has 0 fully saturated rings. The fraction of sp³-hybridized carbons (Fsp3) is 0.167. The van der Waals surface area contributed by atoms with Crippen LogP contribution in [0.4, 0.5) is 14.5 Å². The zero-order valence-corrected chi connectivity index (χ0v) is 15.0. The Morgan fingerprint density at radius 3 is 2.57 bits per heavy atom. The van der Waals surface area contributed by atoms with Gasteiger partial charge in [0.25, 0.3) is 11.1 Å². The lowest BCUT2D eigenvalue weighted by Gasteiger charge is -2.10. The molecule has 0 saturated heterocycles. The first-order valence-corrected chi connectivity index (χ1v) is 8.49. The Labute approximate surface area is 161 Å². The molecule has 1 heterocycles. The molecule has 0 aliphatic rings. The zero-order valence-electron chi connectivity index (χ0n) is 14.2. The molecule has 0 aliphatic carbocycles. The number of carbonyl (C=O) groups excluding carboxylic acids is 1. The second kappa shape index (κ2) is 8.22. The van der Waals surface area contributed by atoms with E-state index >= 15 is 0 Å². The van der Waals surface area contributed by atoms with E-state index in [0.29, 0.717) is 0 Å². The first-order chi connectivity index (χ1) is 13.3. The molecule has 28 heavy (non-hydrogen) atoms. The number of aryl methyl sites for hydroxylation is 1. The van der Waals surface area contributed by atoms with E-state index in [4.69, 9.17) is 11.6 Å². The van der Waals surface area contributed by atoms with E-state index in [-0.39, 0.29) is 40.2 Å². The van der Waals surface area contributed by atoms with E-state index in [1.165, 1.54) is 30.3 Å². The van der Waals surface area contributed by atoms with Gasteiger partial charge in [-0.05, 0) is 30.3 Å². The summed E-state index contributed by atoms with van der Waals surface area (Å²) in [5.74, 6) is -0.672. The van der Waals surface area contributed by atoms with Crippen LogP contribution in [0.3, 0.4) is 0 Å². The molecule has 2 N–H and O–H groups in total. The molecular weight excluding hydrogens is 396 g/mol. The molecule has 146 valence electrons. The zero-order chi connectivity index (χ0) is 20.3. The molecule has 1 amide bonds. The third kappa shape index (κ3) is 4.37. The summed E-state index contributed by atoms with van der Waals surface area (Å²) in [6.45, 7) is -3.06. The molecule has 0 saturated carbocycles. The number of rotatable bonds is 6. The number of amides is 1. The Hall–Kier alpha value is -3.20. The first kappa shape index (κ1) is 19.6. The number of H-pyrrole nitrogens is 1. The average Bonchev–Trinajstić information content (AvgIpc) is 2.65. The van der Waals surface area contributed by atoms with Gasteiger partial charge in [-0.1, -0.05) is 23.7 Å². The number of halogens is 3. The lowest BCUT2D eigenvalue weighted by molar-refractivity contribution is -0.116. The molecule has 10 heteroatoms. The van der Waals surface area contributed by atoms with Gasteiger partial charge in [0.05, 0.1) is 22.3 Å². The number of nitrogens with one attached hydrogen (secondary N) is 2. The molecule has 2 aromatic carbocycles. The maximum Gasteiger partial charge on any atom is 0.387 e. The number of alkyl halides is 2. The molecule has 0 bridgehead atoms. The minimum Gasteiger partial charge on any atom is -0.433 e. The van der Waals surface area contributed by atoms with Gasteiger partial charge < -0.3 is 10.1 Å². The largest absolute Gasteiger partial charge is 0.433 e. The highest BCUT2D eigenvalue weighted by Gasteiger charge is 2.12. The molecule has 0 atom stereocenters. The quantitative estimate of drug-likeness (QED) is 0.654. The SMILES string of the molecule is O=C(CCn1[nH]c(=O)c2ccccc2c1=O)Nc1ccc(OC(F)F)c(Cl)c1. The number of hydrogen-bond acceptors (Lipinski definition) is 4. The predicted octanol–water partition coefficient (Wildman–Crippen LogP) is 2.97. The number of fused-ring (bicyclic) bond motifs is 1. The van der Waals surface area contributed by atoms with Gasteiger partial charge >= 0.3 is 6.61 Å². The molecular formula is C18H14ClF2N3O4. The molecule has 1 aromatic heterocycles. The number of aromatic amines is 1. The summed E-state index contributed by atoms with van der Waals surface area (Å²) >= 11 is 5.83. The minimum absolute atomic E-state index is 0.0505. The molecule has 0 unspecified atom stereocenters. The maximum atomic E-state index is 12.4. The van der Waals surface area contributed by atoms with E-state index < -0.39 is 23.6 Å². The fourth-order valence-electron chi connectivity index (χ4n) is 2.61. The Morgan fingerprint density at radius 1 is 1.18 bits per heavy atom. The van der Waals surface area contributed by atoms with Gasteiger partial charge in [-0.3, -0.25) is 19.5 Å². The van der Waals surface area contributed by atoms with Crippen molar-refractivity contribution in [3.8, 4) is 5.75 Å². The van der Waals surface area contributed by atoms with Gasteiger partial charge in [0.2, 0.25) is 5.91 Å². The van der Waals surface area contributed by atoms with Crippen LogP contribution < -0.4 is 21.2 Å². The topological polar surface area (TPSA) is 93.2 Å². The molecule has 0 aliphatic heterocycles. The smallest absolute Gasteiger partial charge is 0.387 e. The van der Waals surface area contributed by atoms with Crippen LogP contribution in [-0.2, 0) is 11.3 Å². The van der Waals surface area contributed by atoms with Gasteiger partial charge in [-0.15, -0.1) is 0 Å². The summed E-state index contributed by atoms with van der Waals surface area (Å²) in [4.78, 5) is 36.5. The molecule has 3 aromatic rings. The van der Waals surface area contributed by atoms with Crippen LogP contribution in [0, 0.1) is 0 Å². The Balaban J connectivity index is 1.69. The Morgan fingerprint density at radius 2 is 1.89 bits per heavy atom. The van der Waals surface area contributed by atoms with Crippen molar-refractivity contribution in [1.82, 2.24) is 9.78 Å². The number of nitrogens with zero attached hydrogens (tertiary/aromatic N) is 1. The summed E-state index contributed by atoms with van der Waals surface area (Å²) in [7, 11) is 0. The summed E-state index contributed by atoms with van der Waals surface area (Å²) in [5, 5.41) is 5.40. The van der Waals surface area contributed by atoms with Crippen molar-refractivity contribution < 1.29 is 18.3 Å². The van der Waals surface area contributed by atoms with Crippen molar-refractivity contribution in [1.29, 1.82) is 0 Å². The van der Waals surface area contributed by atoms with Gasteiger partial charge in [0.15, 0.2) is 0 Å². The number of carbonyl (C=O) groups is 1. The fourth-order valence-corrected chi connectivity index (χ4v) is 2.84. The lowest BCUT2D eigenvalue weighted by atomic mass is 10.2. The second-order valence-corrected chi connectivity index (χ2v) is 6.17. The van der Waals surface area contributed by atoms with Gasteiger partial charge in [0, 0.05) is 12.1 Å². The van der Waals surface area contributed by atoms with Crippen LogP contribution in [0.2, 0.25) is 5.02 Å². The van der Waals surface area contributed by atoms with Crippen molar-refractivity contribution in [2.45, 2.75) is 19.6 Å². The third-order valence-electron chi connectivity index (χ3n) is 3.88. The van der Waals surface area contributed by atoms with Crippen LogP contribution >= 0.6 is 11.6 Å². The molecule has 0 radical (unpaired) electrons. The van der Waals surface area contributed by atoms with E-state index in [0.717, 1.165) is 4.68 Å². The molecule has 3 rings (SSSR count). The number of hydrogen-bond donors (Lipinski definition) is 2. The summed E-state index contributed by atoms with van der Waals surface area (Å²) in [6, 6.07) is 10.2. The Bertz CT molecular complexity index is 1140. The number of benzene rings is 2. The highest BCUT2D eigenvalue weighted by Crippen LogP contribution is 2.28. The highest BCUT2D eigenvalue weighted by atomic mass is 35.5. The van der Waals surface area contributed by atoms with Crippen LogP contribution in [-0.4, -0.2) is 22.3 Å². The Kier molecular flexibility index (Phi) is 5.74. The predicted molar refractivity (Wildman–Crippen MR) is 100 cm³/mol. The first-order valence-electron chi connectivity index (χ1n) is 8.11. The summed E-state index contributed by atoms with van der Waals surface area (Å²) in [6.07, 6.45) is -0.110. The van der Waals surface area contributed by atoms with Crippen LogP contribution in [0.1, 0.15) is 6.42 Å². The van der Waals surface area contributed by atoms with Crippen LogP contribution in [0.25, 0.3) is 10.8 Å². The standard InChI is InChI=1S/C18H14ClF2N3O4/c19-13-9-10(5-6-14(13)28-18(20)21)22-15(25)7-8-24-17(27)12-4-2-1-3-11(12)16(26)23-24/h1-6,9,18H,7-8H2,(H,22,25)(H,23,26). The maximum absolute atomic E-state index is 12.4. The lowest BCUT2D eigenvalue weighted by Crippen LogP contribution is -2.31. The minimum atomic E-state index is -3.01. The van der Waals surface area contributed by atoms with E-state index in [1.807, 2.05) is 0 Å². The van der Waals surface area contributed by atoms with Gasteiger partial charge in [-0.2, -0.15) is 8.78 Å².